The molecule has 0 aliphatic carbocycles. The molecule has 2 rings (SSSR count). The third-order valence-electron chi connectivity index (χ3n) is 4.94. The predicted octanol–water partition coefficient (Wildman–Crippen LogP) is 2.74. The van der Waals surface area contributed by atoms with Gasteiger partial charge in [0.25, 0.3) is 0 Å². The summed E-state index contributed by atoms with van der Waals surface area (Å²) in [7, 11) is 3.10. The minimum absolute atomic E-state index is 0.0759. The second-order valence-corrected chi connectivity index (χ2v) is 6.58. The second kappa shape index (κ2) is 8.23. The van der Waals surface area contributed by atoms with Crippen molar-refractivity contribution in [1.29, 1.82) is 0 Å². The molecule has 1 unspecified atom stereocenters. The quantitative estimate of drug-likeness (QED) is 0.819. The van der Waals surface area contributed by atoms with Gasteiger partial charge in [-0.3, -0.25) is 9.59 Å². The summed E-state index contributed by atoms with van der Waals surface area (Å²) in [4.78, 5) is 26.3. The Morgan fingerprint density at radius 2 is 2.04 bits per heavy atom. The molecular formula is C19H27NO5. The molecular weight excluding hydrogens is 322 g/mol. The van der Waals surface area contributed by atoms with Crippen molar-refractivity contribution in [1.82, 2.24) is 4.90 Å². The smallest absolute Gasteiger partial charge is 0.311 e. The molecule has 1 fully saturated rings. The van der Waals surface area contributed by atoms with Crippen LogP contribution in [0.1, 0.15) is 38.2 Å². The molecule has 1 aliphatic rings. The van der Waals surface area contributed by atoms with Gasteiger partial charge in [-0.15, -0.1) is 0 Å². The number of likely N-dealkylation sites (tertiary alicyclic amines) is 1. The third kappa shape index (κ3) is 4.06. The molecule has 0 radical (unpaired) electrons. The molecule has 6 nitrogen and oxygen atoms in total. The number of carboxylic acids is 1. The summed E-state index contributed by atoms with van der Waals surface area (Å²) in [5.74, 6) is 0.254. The number of hydrogen-bond donors (Lipinski definition) is 1. The zero-order valence-corrected chi connectivity index (χ0v) is 15.2. The molecule has 0 spiro atoms. The molecule has 1 aromatic rings. The second-order valence-electron chi connectivity index (χ2n) is 6.58. The summed E-state index contributed by atoms with van der Waals surface area (Å²) in [6.07, 6.45) is 2.89. The lowest BCUT2D eigenvalue weighted by Gasteiger charge is -2.40. The number of amides is 1. The van der Waals surface area contributed by atoms with Crippen LogP contribution in [0.3, 0.4) is 0 Å². The highest BCUT2D eigenvalue weighted by atomic mass is 16.5. The molecule has 25 heavy (non-hydrogen) atoms. The Bertz CT molecular complexity index is 626. The van der Waals surface area contributed by atoms with Gasteiger partial charge in [0.1, 0.15) is 0 Å². The van der Waals surface area contributed by atoms with Gasteiger partial charge in [-0.25, -0.2) is 0 Å². The minimum atomic E-state index is -0.818. The summed E-state index contributed by atoms with van der Waals surface area (Å²) in [5, 5.41) is 9.69. The normalized spacial score (nSPS) is 20.2. The van der Waals surface area contributed by atoms with Gasteiger partial charge >= 0.3 is 5.97 Å². The van der Waals surface area contributed by atoms with Crippen LogP contribution in [0.15, 0.2) is 18.2 Å². The molecule has 1 amide bonds. The lowest BCUT2D eigenvalue weighted by molar-refractivity contribution is -0.155. The van der Waals surface area contributed by atoms with Crippen LogP contribution < -0.4 is 9.47 Å². The topological polar surface area (TPSA) is 76.1 Å². The van der Waals surface area contributed by atoms with E-state index in [9.17, 15) is 14.7 Å². The molecule has 1 aliphatic heterocycles. The van der Waals surface area contributed by atoms with E-state index in [0.717, 1.165) is 12.0 Å². The van der Waals surface area contributed by atoms with E-state index < -0.39 is 11.4 Å². The summed E-state index contributed by atoms with van der Waals surface area (Å²) < 4.78 is 10.7. The highest BCUT2D eigenvalue weighted by Gasteiger charge is 2.42. The Kier molecular flexibility index (Phi) is 6.28. The number of rotatable bonds is 7. The van der Waals surface area contributed by atoms with Crippen LogP contribution in [0.4, 0.5) is 0 Å². The van der Waals surface area contributed by atoms with Crippen LogP contribution in [0.2, 0.25) is 0 Å². The highest BCUT2D eigenvalue weighted by molar-refractivity contribution is 5.82. The van der Waals surface area contributed by atoms with Crippen molar-refractivity contribution in [2.24, 2.45) is 5.41 Å². The number of ether oxygens (including phenoxy) is 2. The van der Waals surface area contributed by atoms with Crippen molar-refractivity contribution in [3.63, 3.8) is 0 Å². The van der Waals surface area contributed by atoms with Gasteiger partial charge < -0.3 is 19.5 Å². The molecule has 1 heterocycles. The number of carboxylic acid groups (broad SMARTS) is 1. The first kappa shape index (κ1) is 19.1. The minimum Gasteiger partial charge on any atom is -0.493 e. The number of piperidine rings is 1. The predicted molar refractivity (Wildman–Crippen MR) is 94.0 cm³/mol. The van der Waals surface area contributed by atoms with Gasteiger partial charge in [0.05, 0.1) is 26.1 Å². The number of hydrogen-bond acceptors (Lipinski definition) is 4. The van der Waals surface area contributed by atoms with E-state index >= 15 is 0 Å². The molecule has 1 N–H and O–H groups in total. The average molecular weight is 349 g/mol. The number of carbonyl (C=O) groups excluding carboxylic acids is 1. The van der Waals surface area contributed by atoms with E-state index in [4.69, 9.17) is 9.47 Å². The lowest BCUT2D eigenvalue weighted by atomic mass is 9.76. The molecule has 1 saturated heterocycles. The van der Waals surface area contributed by atoms with Gasteiger partial charge in [-0.2, -0.15) is 0 Å². The molecule has 0 bridgehead atoms. The van der Waals surface area contributed by atoms with Crippen LogP contribution in [0.5, 0.6) is 11.5 Å². The van der Waals surface area contributed by atoms with E-state index in [2.05, 4.69) is 0 Å². The van der Waals surface area contributed by atoms with Crippen LogP contribution in [-0.2, 0) is 16.0 Å². The fraction of sp³-hybridized carbons (Fsp3) is 0.579. The van der Waals surface area contributed by atoms with E-state index in [1.165, 1.54) is 0 Å². The first-order valence-electron chi connectivity index (χ1n) is 8.68. The zero-order chi connectivity index (χ0) is 18.4. The summed E-state index contributed by atoms with van der Waals surface area (Å²) in [6, 6.07) is 5.43. The van der Waals surface area contributed by atoms with Crippen molar-refractivity contribution in [2.45, 2.75) is 39.0 Å². The molecule has 0 saturated carbocycles. The van der Waals surface area contributed by atoms with Crippen molar-refractivity contribution >= 4 is 11.9 Å². The number of para-hydroxylation sites is 1. The van der Waals surface area contributed by atoms with Gasteiger partial charge in [0.15, 0.2) is 11.5 Å². The van der Waals surface area contributed by atoms with E-state index in [0.29, 0.717) is 37.3 Å². The number of nitrogens with zero attached hydrogens (tertiary/aromatic N) is 1. The molecule has 1 atom stereocenters. The monoisotopic (exact) mass is 349 g/mol. The molecule has 1 aromatic carbocycles. The first-order valence-corrected chi connectivity index (χ1v) is 8.68. The van der Waals surface area contributed by atoms with Gasteiger partial charge in [-0.1, -0.05) is 25.5 Å². The van der Waals surface area contributed by atoms with Crippen molar-refractivity contribution in [2.75, 3.05) is 27.3 Å². The third-order valence-corrected chi connectivity index (χ3v) is 4.94. The van der Waals surface area contributed by atoms with E-state index in [1.54, 1.807) is 25.2 Å². The maximum Gasteiger partial charge on any atom is 0.311 e. The Balaban J connectivity index is 2.17. The lowest BCUT2D eigenvalue weighted by Crippen LogP contribution is -2.50. The SMILES string of the molecule is CCCC1(C(=O)O)CCCN(C(=O)Cc2cccc(OC)c2OC)C1. The number of aliphatic carboxylic acids is 1. The van der Waals surface area contributed by atoms with Gasteiger partial charge in [-0.05, 0) is 25.3 Å². The molecule has 138 valence electrons. The number of benzene rings is 1. The largest absolute Gasteiger partial charge is 0.493 e. The Morgan fingerprint density at radius 3 is 2.64 bits per heavy atom. The standard InChI is InChI=1S/C19H27NO5/c1-4-9-19(18(22)23)10-6-11-20(13-19)16(21)12-14-7-5-8-15(24-2)17(14)25-3/h5,7-8H,4,6,9-13H2,1-3H3,(H,22,23). The number of carbonyl (C=O) groups is 2. The maximum absolute atomic E-state index is 12.8. The maximum atomic E-state index is 12.8. The Labute approximate surface area is 148 Å². The van der Waals surface area contributed by atoms with Crippen molar-refractivity contribution in [3.05, 3.63) is 23.8 Å². The fourth-order valence-electron chi connectivity index (χ4n) is 3.68. The van der Waals surface area contributed by atoms with Crippen molar-refractivity contribution < 1.29 is 24.2 Å². The first-order chi connectivity index (χ1) is 12.0. The van der Waals surface area contributed by atoms with Crippen LogP contribution in [0.25, 0.3) is 0 Å². The fourth-order valence-corrected chi connectivity index (χ4v) is 3.68. The van der Waals surface area contributed by atoms with Crippen LogP contribution >= 0.6 is 0 Å². The summed E-state index contributed by atoms with van der Waals surface area (Å²) in [5.41, 5.74) is -0.0740. The van der Waals surface area contributed by atoms with Gasteiger partial charge in [0.2, 0.25) is 5.91 Å². The Hall–Kier alpha value is -2.24. The molecule has 0 aromatic heterocycles. The number of methoxy groups -OCH3 is 2. The zero-order valence-electron chi connectivity index (χ0n) is 15.2. The highest BCUT2D eigenvalue weighted by Crippen LogP contribution is 2.36. The van der Waals surface area contributed by atoms with E-state index in [-0.39, 0.29) is 18.9 Å². The van der Waals surface area contributed by atoms with E-state index in [1.807, 2.05) is 19.1 Å². The Morgan fingerprint density at radius 1 is 1.28 bits per heavy atom. The van der Waals surface area contributed by atoms with Crippen LogP contribution in [0, 0.1) is 5.41 Å². The molecule has 6 heteroatoms. The average Bonchev–Trinajstić information content (AvgIpc) is 2.61. The summed E-state index contributed by atoms with van der Waals surface area (Å²) >= 11 is 0. The van der Waals surface area contributed by atoms with Crippen LogP contribution in [-0.4, -0.2) is 49.2 Å². The van der Waals surface area contributed by atoms with Crippen molar-refractivity contribution in [3.8, 4) is 11.5 Å². The van der Waals surface area contributed by atoms with Gasteiger partial charge in [0, 0.05) is 18.7 Å². The summed E-state index contributed by atoms with van der Waals surface area (Å²) in [6.45, 7) is 2.86.